The van der Waals surface area contributed by atoms with E-state index in [-0.39, 0.29) is 0 Å². The molecule has 0 aliphatic rings. The van der Waals surface area contributed by atoms with Crippen LogP contribution in [0.15, 0.2) is 11.4 Å². The van der Waals surface area contributed by atoms with Crippen LogP contribution < -0.4 is 10.6 Å². The Morgan fingerprint density at radius 1 is 1.16 bits per heavy atom. The SMILES string of the molecule is CCCNc1nc(C)cc(NCc2csc(C)n2)n1. The predicted molar refractivity (Wildman–Crippen MR) is 79.7 cm³/mol. The lowest BCUT2D eigenvalue weighted by Gasteiger charge is -2.08. The van der Waals surface area contributed by atoms with E-state index in [0.717, 1.165) is 35.2 Å². The van der Waals surface area contributed by atoms with Crippen molar-refractivity contribution in [2.24, 2.45) is 0 Å². The highest BCUT2D eigenvalue weighted by atomic mass is 32.1. The Morgan fingerprint density at radius 2 is 2.00 bits per heavy atom. The molecule has 2 N–H and O–H groups in total. The van der Waals surface area contributed by atoms with Crippen LogP contribution in [0.5, 0.6) is 0 Å². The molecule has 0 aliphatic heterocycles. The Balaban J connectivity index is 2.01. The second kappa shape index (κ2) is 6.47. The zero-order valence-corrected chi connectivity index (χ0v) is 12.3. The Bertz CT molecular complexity index is 538. The Labute approximate surface area is 117 Å². The van der Waals surface area contributed by atoms with E-state index >= 15 is 0 Å². The summed E-state index contributed by atoms with van der Waals surface area (Å²) in [6, 6.07) is 1.94. The first-order chi connectivity index (χ1) is 9.17. The van der Waals surface area contributed by atoms with E-state index in [1.807, 2.05) is 19.9 Å². The van der Waals surface area contributed by atoms with E-state index in [1.54, 1.807) is 11.3 Å². The summed E-state index contributed by atoms with van der Waals surface area (Å²) in [4.78, 5) is 13.2. The highest BCUT2D eigenvalue weighted by molar-refractivity contribution is 7.09. The van der Waals surface area contributed by atoms with Crippen molar-refractivity contribution in [1.29, 1.82) is 0 Å². The van der Waals surface area contributed by atoms with E-state index in [0.29, 0.717) is 12.5 Å². The first-order valence-corrected chi connectivity index (χ1v) is 7.29. The number of hydrogen-bond acceptors (Lipinski definition) is 6. The molecule has 102 valence electrons. The van der Waals surface area contributed by atoms with Gasteiger partial charge >= 0.3 is 0 Å². The zero-order valence-electron chi connectivity index (χ0n) is 11.5. The predicted octanol–water partition coefficient (Wildman–Crippen LogP) is 2.98. The van der Waals surface area contributed by atoms with Crippen molar-refractivity contribution >= 4 is 23.1 Å². The molecule has 0 aliphatic carbocycles. The third kappa shape index (κ3) is 4.17. The summed E-state index contributed by atoms with van der Waals surface area (Å²) < 4.78 is 0. The lowest BCUT2D eigenvalue weighted by Crippen LogP contribution is -2.08. The molecule has 2 aromatic rings. The third-order valence-electron chi connectivity index (χ3n) is 2.50. The standard InChI is InChI=1S/C13H19N5S/c1-4-5-14-13-16-9(2)6-12(18-13)15-7-11-8-19-10(3)17-11/h6,8H,4-5,7H2,1-3H3,(H2,14,15,16,18). The molecule has 2 aromatic heterocycles. The van der Waals surface area contributed by atoms with E-state index in [1.165, 1.54) is 0 Å². The molecule has 0 fully saturated rings. The quantitative estimate of drug-likeness (QED) is 0.850. The molecule has 5 nitrogen and oxygen atoms in total. The fraction of sp³-hybridized carbons (Fsp3) is 0.462. The summed E-state index contributed by atoms with van der Waals surface area (Å²) in [7, 11) is 0. The van der Waals surface area contributed by atoms with Gasteiger partial charge in [-0.2, -0.15) is 4.98 Å². The second-order valence-corrected chi connectivity index (χ2v) is 5.42. The molecule has 0 spiro atoms. The van der Waals surface area contributed by atoms with Crippen molar-refractivity contribution in [1.82, 2.24) is 15.0 Å². The van der Waals surface area contributed by atoms with Crippen LogP contribution in [0, 0.1) is 13.8 Å². The minimum Gasteiger partial charge on any atom is -0.364 e. The fourth-order valence-corrected chi connectivity index (χ4v) is 2.26. The van der Waals surface area contributed by atoms with E-state index in [2.05, 4.69) is 37.9 Å². The van der Waals surface area contributed by atoms with Gasteiger partial charge in [-0.1, -0.05) is 6.92 Å². The first kappa shape index (κ1) is 13.7. The smallest absolute Gasteiger partial charge is 0.224 e. The van der Waals surface area contributed by atoms with Crippen molar-refractivity contribution < 1.29 is 0 Å². The summed E-state index contributed by atoms with van der Waals surface area (Å²) in [6.45, 7) is 7.67. The third-order valence-corrected chi connectivity index (χ3v) is 3.33. The van der Waals surface area contributed by atoms with Gasteiger partial charge < -0.3 is 10.6 Å². The van der Waals surface area contributed by atoms with Crippen molar-refractivity contribution in [3.05, 3.63) is 27.8 Å². The normalized spacial score (nSPS) is 10.5. The van der Waals surface area contributed by atoms with Crippen LogP contribution in [0.1, 0.15) is 29.7 Å². The van der Waals surface area contributed by atoms with Gasteiger partial charge in [-0.05, 0) is 20.3 Å². The number of anilines is 2. The molecule has 0 aromatic carbocycles. The van der Waals surface area contributed by atoms with Gasteiger partial charge in [-0.15, -0.1) is 11.3 Å². The van der Waals surface area contributed by atoms with Gasteiger partial charge in [0.05, 0.1) is 17.2 Å². The number of thiazole rings is 1. The van der Waals surface area contributed by atoms with Crippen LogP contribution in [0.4, 0.5) is 11.8 Å². The number of hydrogen-bond donors (Lipinski definition) is 2. The maximum Gasteiger partial charge on any atom is 0.224 e. The van der Waals surface area contributed by atoms with Crippen molar-refractivity contribution in [3.8, 4) is 0 Å². The number of aryl methyl sites for hydroxylation is 2. The average molecular weight is 277 g/mol. The first-order valence-electron chi connectivity index (χ1n) is 6.42. The van der Waals surface area contributed by atoms with E-state index in [9.17, 15) is 0 Å². The molecule has 0 unspecified atom stereocenters. The molecule has 0 atom stereocenters. The van der Waals surface area contributed by atoms with Crippen molar-refractivity contribution in [2.45, 2.75) is 33.7 Å². The lowest BCUT2D eigenvalue weighted by molar-refractivity contribution is 0.941. The Hall–Kier alpha value is -1.69. The highest BCUT2D eigenvalue weighted by Gasteiger charge is 2.03. The molecule has 2 heterocycles. The van der Waals surface area contributed by atoms with Crippen molar-refractivity contribution in [3.63, 3.8) is 0 Å². The number of nitrogens with one attached hydrogen (secondary N) is 2. The number of rotatable bonds is 6. The molecule has 19 heavy (non-hydrogen) atoms. The maximum atomic E-state index is 4.44. The molecule has 0 amide bonds. The van der Waals surface area contributed by atoms with Gasteiger partial charge in [-0.25, -0.2) is 9.97 Å². The van der Waals surface area contributed by atoms with Crippen LogP contribution in [0.3, 0.4) is 0 Å². The summed E-state index contributed by atoms with van der Waals surface area (Å²) >= 11 is 1.66. The van der Waals surface area contributed by atoms with Crippen LogP contribution >= 0.6 is 11.3 Å². The van der Waals surface area contributed by atoms with Gasteiger partial charge in [0.1, 0.15) is 5.82 Å². The molecule has 0 saturated heterocycles. The van der Waals surface area contributed by atoms with E-state index < -0.39 is 0 Å². The van der Waals surface area contributed by atoms with Gasteiger partial charge in [-0.3, -0.25) is 0 Å². The number of aromatic nitrogens is 3. The minimum atomic E-state index is 0.679. The van der Waals surface area contributed by atoms with Crippen LogP contribution in [-0.2, 0) is 6.54 Å². The van der Waals surface area contributed by atoms with Crippen molar-refractivity contribution in [2.75, 3.05) is 17.2 Å². The van der Waals surface area contributed by atoms with Crippen LogP contribution in [0.25, 0.3) is 0 Å². The minimum absolute atomic E-state index is 0.679. The van der Waals surface area contributed by atoms with Gasteiger partial charge in [0.2, 0.25) is 5.95 Å². The molecular weight excluding hydrogens is 258 g/mol. The molecule has 0 radical (unpaired) electrons. The topological polar surface area (TPSA) is 62.7 Å². The Morgan fingerprint density at radius 3 is 2.68 bits per heavy atom. The monoisotopic (exact) mass is 277 g/mol. The largest absolute Gasteiger partial charge is 0.364 e. The highest BCUT2D eigenvalue weighted by Crippen LogP contribution is 2.13. The summed E-state index contributed by atoms with van der Waals surface area (Å²) in [5, 5.41) is 9.63. The number of nitrogens with zero attached hydrogens (tertiary/aromatic N) is 3. The molecular formula is C13H19N5S. The zero-order chi connectivity index (χ0) is 13.7. The lowest BCUT2D eigenvalue weighted by atomic mass is 10.4. The molecule has 0 saturated carbocycles. The van der Waals surface area contributed by atoms with Crippen LogP contribution in [0.2, 0.25) is 0 Å². The van der Waals surface area contributed by atoms with E-state index in [4.69, 9.17) is 0 Å². The van der Waals surface area contributed by atoms with Gasteiger partial charge in [0, 0.05) is 23.7 Å². The summed E-state index contributed by atoms with van der Waals surface area (Å²) in [6.07, 6.45) is 1.05. The van der Waals surface area contributed by atoms with Gasteiger partial charge in [0.15, 0.2) is 0 Å². The maximum absolute atomic E-state index is 4.44. The van der Waals surface area contributed by atoms with Gasteiger partial charge in [0.25, 0.3) is 0 Å². The summed E-state index contributed by atoms with van der Waals surface area (Å²) in [5.74, 6) is 1.51. The Kier molecular flexibility index (Phi) is 4.68. The molecule has 6 heteroatoms. The summed E-state index contributed by atoms with van der Waals surface area (Å²) in [5.41, 5.74) is 1.99. The van der Waals surface area contributed by atoms with Crippen LogP contribution in [-0.4, -0.2) is 21.5 Å². The average Bonchev–Trinajstić information content (AvgIpc) is 2.79. The molecule has 0 bridgehead atoms. The second-order valence-electron chi connectivity index (χ2n) is 4.36. The fourth-order valence-electron chi connectivity index (χ4n) is 1.65. The molecule has 2 rings (SSSR count).